The second-order valence-electron chi connectivity index (χ2n) is 5.39. The first-order valence-electron chi connectivity index (χ1n) is 6.23. The summed E-state index contributed by atoms with van der Waals surface area (Å²) in [5.74, 6) is -0.448. The number of amides is 1. The molecule has 0 aliphatic rings. The molecule has 1 aromatic rings. The van der Waals surface area contributed by atoms with Crippen LogP contribution in [0.5, 0.6) is 11.5 Å². The molecular weight excluding hydrogens is 304 g/mol. The topological polar surface area (TPSA) is 47.6 Å². The number of methoxy groups -OCH3 is 1. The van der Waals surface area contributed by atoms with Crippen LogP contribution in [0.1, 0.15) is 31.7 Å². The van der Waals surface area contributed by atoms with Crippen LogP contribution >= 0.6 is 11.6 Å². The summed E-state index contributed by atoms with van der Waals surface area (Å²) in [5.41, 5.74) is -0.103. The van der Waals surface area contributed by atoms with Crippen LogP contribution < -0.4 is 14.8 Å². The third-order valence-corrected chi connectivity index (χ3v) is 2.87. The first kappa shape index (κ1) is 17.5. The summed E-state index contributed by atoms with van der Waals surface area (Å²) < 4.78 is 34.0. The van der Waals surface area contributed by atoms with Crippen molar-refractivity contribution in [1.82, 2.24) is 5.32 Å². The monoisotopic (exact) mass is 321 g/mol. The molecule has 0 aliphatic carbocycles. The second-order valence-corrected chi connectivity index (χ2v) is 5.83. The molecule has 1 amide bonds. The summed E-state index contributed by atoms with van der Waals surface area (Å²) in [6.45, 7) is 2.45. The van der Waals surface area contributed by atoms with E-state index in [1.807, 2.05) is 20.8 Å². The third-order valence-electron chi connectivity index (χ3n) is 2.42. The van der Waals surface area contributed by atoms with Gasteiger partial charge in [-0.3, -0.25) is 4.79 Å². The number of ether oxygens (including phenoxy) is 2. The first-order valence-corrected chi connectivity index (χ1v) is 6.66. The van der Waals surface area contributed by atoms with Crippen LogP contribution in [0.2, 0.25) is 0 Å². The van der Waals surface area contributed by atoms with Gasteiger partial charge in [0.1, 0.15) is 5.38 Å². The van der Waals surface area contributed by atoms with Gasteiger partial charge < -0.3 is 14.8 Å². The lowest BCUT2D eigenvalue weighted by Crippen LogP contribution is -2.42. The van der Waals surface area contributed by atoms with Crippen LogP contribution in [-0.4, -0.2) is 25.2 Å². The SMILES string of the molecule is COc1ccc(C(Cl)C(=O)NC(C)(C)C)cc1OC(F)F. The maximum absolute atomic E-state index is 12.4. The van der Waals surface area contributed by atoms with Gasteiger partial charge in [0.15, 0.2) is 11.5 Å². The van der Waals surface area contributed by atoms with E-state index >= 15 is 0 Å². The van der Waals surface area contributed by atoms with Crippen molar-refractivity contribution in [3.8, 4) is 11.5 Å². The average molecular weight is 322 g/mol. The van der Waals surface area contributed by atoms with Gasteiger partial charge in [0, 0.05) is 5.54 Å². The van der Waals surface area contributed by atoms with Gasteiger partial charge in [-0.05, 0) is 38.5 Å². The Morgan fingerprint density at radius 1 is 1.29 bits per heavy atom. The van der Waals surface area contributed by atoms with Crippen LogP contribution in [0.3, 0.4) is 0 Å². The number of nitrogens with one attached hydrogen (secondary N) is 1. The standard InChI is InChI=1S/C14H18ClF2NO3/c1-14(2,3)18-12(19)11(15)8-5-6-9(20-4)10(7-8)21-13(16)17/h5-7,11,13H,1-4H3,(H,18,19). The minimum absolute atomic E-state index is 0.138. The maximum Gasteiger partial charge on any atom is 0.387 e. The van der Waals surface area contributed by atoms with E-state index in [1.54, 1.807) is 0 Å². The Morgan fingerprint density at radius 2 is 1.90 bits per heavy atom. The van der Waals surface area contributed by atoms with Gasteiger partial charge in [0.25, 0.3) is 0 Å². The molecule has 1 rings (SSSR count). The van der Waals surface area contributed by atoms with Crippen molar-refractivity contribution in [3.05, 3.63) is 23.8 Å². The second kappa shape index (κ2) is 6.93. The van der Waals surface area contributed by atoms with Crippen molar-refractivity contribution in [3.63, 3.8) is 0 Å². The lowest BCUT2D eigenvalue weighted by atomic mass is 10.1. The van der Waals surface area contributed by atoms with Gasteiger partial charge >= 0.3 is 6.61 Å². The number of benzene rings is 1. The summed E-state index contributed by atoms with van der Waals surface area (Å²) in [6.07, 6.45) is 0. The van der Waals surface area contributed by atoms with Gasteiger partial charge in [-0.15, -0.1) is 11.6 Å². The predicted molar refractivity (Wildman–Crippen MR) is 76.1 cm³/mol. The Balaban J connectivity index is 2.99. The van der Waals surface area contributed by atoms with E-state index < -0.39 is 23.4 Å². The first-order chi connectivity index (χ1) is 9.64. The zero-order valence-corrected chi connectivity index (χ0v) is 13.0. The number of rotatable bonds is 5. The smallest absolute Gasteiger partial charge is 0.387 e. The molecule has 118 valence electrons. The molecule has 0 aromatic heterocycles. The van der Waals surface area contributed by atoms with Gasteiger partial charge in [-0.1, -0.05) is 6.07 Å². The lowest BCUT2D eigenvalue weighted by Gasteiger charge is -2.23. The van der Waals surface area contributed by atoms with E-state index in [4.69, 9.17) is 16.3 Å². The molecule has 0 spiro atoms. The molecule has 21 heavy (non-hydrogen) atoms. The molecule has 1 unspecified atom stereocenters. The van der Waals surface area contributed by atoms with Crippen LogP contribution in [0.25, 0.3) is 0 Å². The molecule has 4 nitrogen and oxygen atoms in total. The summed E-state index contributed by atoms with van der Waals surface area (Å²) in [5, 5.41) is 1.70. The molecule has 0 radical (unpaired) electrons. The van der Waals surface area contributed by atoms with Crippen LogP contribution in [0, 0.1) is 0 Å². The van der Waals surface area contributed by atoms with Crippen LogP contribution in [0.15, 0.2) is 18.2 Å². The van der Waals surface area contributed by atoms with Crippen molar-refractivity contribution < 1.29 is 23.0 Å². The number of halogens is 3. The third kappa shape index (κ3) is 5.38. The van der Waals surface area contributed by atoms with Crippen molar-refractivity contribution in [2.24, 2.45) is 0 Å². The Kier molecular flexibility index (Phi) is 5.78. The van der Waals surface area contributed by atoms with E-state index in [0.29, 0.717) is 5.56 Å². The number of hydrogen-bond acceptors (Lipinski definition) is 3. The number of carbonyl (C=O) groups is 1. The molecule has 0 saturated heterocycles. The van der Waals surface area contributed by atoms with Gasteiger partial charge in [-0.25, -0.2) is 0 Å². The predicted octanol–water partition coefficient (Wildman–Crippen LogP) is 3.49. The molecule has 1 aromatic carbocycles. The van der Waals surface area contributed by atoms with Crippen LogP contribution in [0.4, 0.5) is 8.78 Å². The molecule has 0 saturated carbocycles. The fourth-order valence-corrected chi connectivity index (χ4v) is 1.81. The quantitative estimate of drug-likeness (QED) is 0.844. The van der Waals surface area contributed by atoms with Gasteiger partial charge in [0.2, 0.25) is 5.91 Å². The van der Waals surface area contributed by atoms with E-state index in [9.17, 15) is 13.6 Å². The normalized spacial score (nSPS) is 13.0. The fraction of sp³-hybridized carbons (Fsp3) is 0.500. The molecule has 0 heterocycles. The van der Waals surface area contributed by atoms with Gasteiger partial charge in [0.05, 0.1) is 7.11 Å². The molecule has 0 aliphatic heterocycles. The van der Waals surface area contributed by atoms with E-state index in [0.717, 1.165) is 0 Å². The Morgan fingerprint density at radius 3 is 2.38 bits per heavy atom. The summed E-state index contributed by atoms with van der Waals surface area (Å²) in [7, 11) is 1.33. The summed E-state index contributed by atoms with van der Waals surface area (Å²) in [4.78, 5) is 12.0. The number of alkyl halides is 3. The molecule has 0 bridgehead atoms. The largest absolute Gasteiger partial charge is 0.493 e. The average Bonchev–Trinajstić information content (AvgIpc) is 2.35. The van der Waals surface area contributed by atoms with Crippen molar-refractivity contribution in [2.75, 3.05) is 7.11 Å². The summed E-state index contributed by atoms with van der Waals surface area (Å²) in [6, 6.07) is 4.22. The Labute approximate surface area is 127 Å². The number of carbonyl (C=O) groups excluding carboxylic acids is 1. The Hall–Kier alpha value is -1.56. The zero-order valence-electron chi connectivity index (χ0n) is 12.2. The fourth-order valence-electron chi connectivity index (χ4n) is 1.62. The van der Waals surface area contributed by atoms with E-state index in [-0.39, 0.29) is 11.5 Å². The zero-order chi connectivity index (χ0) is 16.2. The van der Waals surface area contributed by atoms with Crippen molar-refractivity contribution in [1.29, 1.82) is 0 Å². The molecular formula is C14H18ClF2NO3. The minimum Gasteiger partial charge on any atom is -0.493 e. The number of hydrogen-bond donors (Lipinski definition) is 1. The molecule has 7 heteroatoms. The molecule has 0 fully saturated rings. The lowest BCUT2D eigenvalue weighted by molar-refractivity contribution is -0.122. The highest BCUT2D eigenvalue weighted by atomic mass is 35.5. The molecule has 1 N–H and O–H groups in total. The summed E-state index contributed by atoms with van der Waals surface area (Å²) >= 11 is 6.07. The van der Waals surface area contributed by atoms with Gasteiger partial charge in [-0.2, -0.15) is 8.78 Å². The van der Waals surface area contributed by atoms with Crippen LogP contribution in [-0.2, 0) is 4.79 Å². The van der Waals surface area contributed by atoms with E-state index in [1.165, 1.54) is 25.3 Å². The van der Waals surface area contributed by atoms with E-state index in [2.05, 4.69) is 10.1 Å². The highest BCUT2D eigenvalue weighted by Crippen LogP contribution is 2.33. The highest BCUT2D eigenvalue weighted by molar-refractivity contribution is 6.30. The Bertz CT molecular complexity index is 503. The van der Waals surface area contributed by atoms with Crippen molar-refractivity contribution >= 4 is 17.5 Å². The van der Waals surface area contributed by atoms with Crippen molar-refractivity contribution in [2.45, 2.75) is 38.3 Å². The maximum atomic E-state index is 12.4. The highest BCUT2D eigenvalue weighted by Gasteiger charge is 2.24. The minimum atomic E-state index is -2.99. The molecule has 1 atom stereocenters.